The summed E-state index contributed by atoms with van der Waals surface area (Å²) < 4.78 is -0.415. The molecule has 1 aliphatic carbocycles. The molecule has 0 aromatic carbocycles. The van der Waals surface area contributed by atoms with Crippen molar-refractivity contribution in [3.63, 3.8) is 0 Å². The van der Waals surface area contributed by atoms with Crippen LogP contribution in [0.1, 0.15) is 6.42 Å². The van der Waals surface area contributed by atoms with Gasteiger partial charge in [-0.2, -0.15) is 12.6 Å². The molecule has 0 saturated heterocycles. The zero-order valence-electron chi connectivity index (χ0n) is 3.69. The summed E-state index contributed by atoms with van der Waals surface area (Å²) in [5.74, 6) is 1.26. The molecule has 42 valence electrons. The first kappa shape index (κ1) is 6.06. The second-order valence-corrected chi connectivity index (χ2v) is 3.75. The molecule has 1 fully saturated rings. The fourth-order valence-electron chi connectivity index (χ4n) is 0.468. The van der Waals surface area contributed by atoms with Gasteiger partial charge in [0.1, 0.15) is 4.33 Å². The Labute approximate surface area is 58.6 Å². The van der Waals surface area contributed by atoms with Crippen molar-refractivity contribution in [3.8, 4) is 0 Å². The Hall–Kier alpha value is 0.930. The molecule has 1 atom stereocenters. The van der Waals surface area contributed by atoms with Crippen LogP contribution in [0, 0.1) is 5.92 Å². The number of hydrogen-bond donors (Lipinski definition) is 1. The van der Waals surface area contributed by atoms with Crippen LogP contribution in [0.3, 0.4) is 0 Å². The second-order valence-electron chi connectivity index (χ2n) is 1.84. The van der Waals surface area contributed by atoms with Gasteiger partial charge in [0.05, 0.1) is 0 Å². The number of hydrogen-bond acceptors (Lipinski definition) is 1. The zero-order valence-corrected chi connectivity index (χ0v) is 6.10. The van der Waals surface area contributed by atoms with Crippen molar-refractivity contribution in [2.75, 3.05) is 5.75 Å². The molecule has 0 aliphatic heterocycles. The van der Waals surface area contributed by atoms with E-state index >= 15 is 0 Å². The molecule has 0 aromatic rings. The van der Waals surface area contributed by atoms with Gasteiger partial charge in [0, 0.05) is 5.92 Å². The molecule has 1 saturated carbocycles. The minimum atomic E-state index is -0.415. The predicted molar refractivity (Wildman–Crippen MR) is 36.4 cm³/mol. The fraction of sp³-hybridized carbons (Fsp3) is 1.00. The molecule has 0 radical (unpaired) electrons. The van der Waals surface area contributed by atoms with Gasteiger partial charge in [-0.15, -0.1) is 23.2 Å². The van der Waals surface area contributed by atoms with Crippen molar-refractivity contribution in [2.45, 2.75) is 10.8 Å². The largest absolute Gasteiger partial charge is 0.179 e. The van der Waals surface area contributed by atoms with Gasteiger partial charge in [-0.1, -0.05) is 0 Å². The van der Waals surface area contributed by atoms with Crippen LogP contribution in [0.25, 0.3) is 0 Å². The summed E-state index contributed by atoms with van der Waals surface area (Å²) in [7, 11) is 0. The second kappa shape index (κ2) is 1.71. The first-order chi connectivity index (χ1) is 3.17. The van der Waals surface area contributed by atoms with Gasteiger partial charge in [0.15, 0.2) is 0 Å². The summed E-state index contributed by atoms with van der Waals surface area (Å²) in [6, 6.07) is 0. The number of alkyl halides is 2. The molecule has 0 bridgehead atoms. The van der Waals surface area contributed by atoms with E-state index in [-0.39, 0.29) is 0 Å². The quantitative estimate of drug-likeness (QED) is 0.437. The molecule has 1 aliphatic rings. The van der Waals surface area contributed by atoms with E-state index in [1.807, 2.05) is 0 Å². The average Bonchev–Trinajstić information content (AvgIpc) is 2.13. The Morgan fingerprint density at radius 1 is 1.71 bits per heavy atom. The molecule has 0 nitrogen and oxygen atoms in total. The molecular formula is C4H6Cl2S. The van der Waals surface area contributed by atoms with Gasteiger partial charge in [-0.25, -0.2) is 0 Å². The molecule has 0 N–H and O–H groups in total. The maximum Gasteiger partial charge on any atom is 0.122 e. The Balaban J connectivity index is 2.30. The molecule has 0 amide bonds. The molecule has 1 unspecified atom stereocenters. The van der Waals surface area contributed by atoms with E-state index < -0.39 is 4.33 Å². The lowest BCUT2D eigenvalue weighted by atomic mass is 10.5. The molecule has 0 aromatic heterocycles. The van der Waals surface area contributed by atoms with Gasteiger partial charge < -0.3 is 0 Å². The minimum Gasteiger partial charge on any atom is -0.179 e. The van der Waals surface area contributed by atoms with Gasteiger partial charge in [0.25, 0.3) is 0 Å². The van der Waals surface area contributed by atoms with Gasteiger partial charge in [-0.05, 0) is 12.2 Å². The highest BCUT2D eigenvalue weighted by atomic mass is 35.5. The maximum absolute atomic E-state index is 5.62. The summed E-state index contributed by atoms with van der Waals surface area (Å²) >= 11 is 15.3. The van der Waals surface area contributed by atoms with E-state index in [0.29, 0.717) is 5.92 Å². The van der Waals surface area contributed by atoms with E-state index in [0.717, 1.165) is 12.2 Å². The predicted octanol–water partition coefficient (Wildman–Crippen LogP) is 2.11. The Morgan fingerprint density at radius 3 is 2.14 bits per heavy atom. The molecule has 0 heterocycles. The zero-order chi connectivity index (χ0) is 5.49. The van der Waals surface area contributed by atoms with E-state index in [1.165, 1.54) is 0 Å². The summed E-state index contributed by atoms with van der Waals surface area (Å²) in [5.41, 5.74) is 0. The van der Waals surface area contributed by atoms with Crippen LogP contribution < -0.4 is 0 Å². The smallest absolute Gasteiger partial charge is 0.122 e. The third kappa shape index (κ3) is 1.18. The highest BCUT2D eigenvalue weighted by molar-refractivity contribution is 7.80. The number of halogens is 2. The normalized spacial score (nSPS) is 35.6. The number of thiol groups is 1. The first-order valence-electron chi connectivity index (χ1n) is 2.15. The maximum atomic E-state index is 5.62. The highest BCUT2D eigenvalue weighted by Gasteiger charge is 2.50. The third-order valence-corrected chi connectivity index (χ3v) is 2.54. The summed E-state index contributed by atoms with van der Waals surface area (Å²) in [6.45, 7) is 0. The Bertz CT molecular complexity index is 81.8. The minimum absolute atomic E-state index is 0.415. The van der Waals surface area contributed by atoms with Gasteiger partial charge in [0.2, 0.25) is 0 Å². The number of rotatable bonds is 1. The van der Waals surface area contributed by atoms with Crippen molar-refractivity contribution in [2.24, 2.45) is 5.92 Å². The van der Waals surface area contributed by atoms with Crippen LogP contribution in [0.2, 0.25) is 0 Å². The van der Waals surface area contributed by atoms with Crippen molar-refractivity contribution in [1.29, 1.82) is 0 Å². The first-order valence-corrected chi connectivity index (χ1v) is 3.54. The van der Waals surface area contributed by atoms with E-state index in [4.69, 9.17) is 23.2 Å². The highest BCUT2D eigenvalue weighted by Crippen LogP contribution is 2.53. The lowest BCUT2D eigenvalue weighted by Gasteiger charge is -1.89. The van der Waals surface area contributed by atoms with Crippen molar-refractivity contribution in [1.82, 2.24) is 0 Å². The monoisotopic (exact) mass is 156 g/mol. The lowest BCUT2D eigenvalue weighted by molar-refractivity contribution is 0.985. The standard InChI is InChI=1S/C4H6Cl2S/c5-4(6)1-3(4)2-7/h3,7H,1-2H2. The van der Waals surface area contributed by atoms with Crippen LogP contribution in [-0.2, 0) is 0 Å². The molecule has 7 heavy (non-hydrogen) atoms. The Morgan fingerprint density at radius 2 is 2.14 bits per heavy atom. The molecule has 1 rings (SSSR count). The van der Waals surface area contributed by atoms with Crippen molar-refractivity contribution < 1.29 is 0 Å². The summed E-state index contributed by atoms with van der Waals surface area (Å²) in [4.78, 5) is 0. The lowest BCUT2D eigenvalue weighted by Crippen LogP contribution is -1.89. The molecule has 0 spiro atoms. The molecular weight excluding hydrogens is 151 g/mol. The van der Waals surface area contributed by atoms with Crippen molar-refractivity contribution in [3.05, 3.63) is 0 Å². The van der Waals surface area contributed by atoms with Gasteiger partial charge >= 0.3 is 0 Å². The van der Waals surface area contributed by atoms with Crippen LogP contribution in [0.15, 0.2) is 0 Å². The average molecular weight is 157 g/mol. The van der Waals surface area contributed by atoms with E-state index in [2.05, 4.69) is 12.6 Å². The van der Waals surface area contributed by atoms with E-state index in [9.17, 15) is 0 Å². The van der Waals surface area contributed by atoms with Crippen LogP contribution in [-0.4, -0.2) is 10.1 Å². The van der Waals surface area contributed by atoms with Crippen LogP contribution in [0.4, 0.5) is 0 Å². The SMILES string of the molecule is SCC1CC1(Cl)Cl. The summed E-state index contributed by atoms with van der Waals surface area (Å²) in [6.07, 6.45) is 0.916. The third-order valence-electron chi connectivity index (χ3n) is 1.18. The topological polar surface area (TPSA) is 0 Å². The molecule has 3 heteroatoms. The van der Waals surface area contributed by atoms with Crippen LogP contribution in [0.5, 0.6) is 0 Å². The van der Waals surface area contributed by atoms with E-state index in [1.54, 1.807) is 0 Å². The fourth-order valence-corrected chi connectivity index (χ4v) is 1.65. The van der Waals surface area contributed by atoms with Gasteiger partial charge in [-0.3, -0.25) is 0 Å². The Kier molecular flexibility index (Phi) is 1.48. The summed E-state index contributed by atoms with van der Waals surface area (Å²) in [5, 5.41) is 0. The van der Waals surface area contributed by atoms with Crippen molar-refractivity contribution >= 4 is 35.8 Å². The van der Waals surface area contributed by atoms with Crippen LogP contribution >= 0.6 is 35.8 Å².